The summed E-state index contributed by atoms with van der Waals surface area (Å²) in [4.78, 5) is 13.3. The predicted molar refractivity (Wildman–Crippen MR) is 85.4 cm³/mol. The number of imidazole rings is 1. The largest absolute Gasteiger partial charge is 0.489 e. The lowest BCUT2D eigenvalue weighted by molar-refractivity contribution is 0.305. The number of halogens is 1. The number of H-pyrrole nitrogens is 1. The van der Waals surface area contributed by atoms with Crippen LogP contribution in [0.1, 0.15) is 25.6 Å². The molecule has 0 aliphatic carbocycles. The molecule has 1 N–H and O–H groups in total. The molecule has 0 bridgehead atoms. The van der Waals surface area contributed by atoms with Gasteiger partial charge in [-0.1, -0.05) is 25.4 Å². The second-order valence-corrected chi connectivity index (χ2v) is 6.08. The molecule has 0 saturated heterocycles. The van der Waals surface area contributed by atoms with Crippen molar-refractivity contribution in [3.63, 3.8) is 0 Å². The summed E-state index contributed by atoms with van der Waals surface area (Å²) in [5.74, 6) is 3.20. The number of nitrogens with zero attached hydrogens (tertiary/aromatic N) is 5. The average molecular weight is 331 g/mol. The summed E-state index contributed by atoms with van der Waals surface area (Å²) in [6.07, 6.45) is 3.57. The van der Waals surface area contributed by atoms with Crippen molar-refractivity contribution in [3.05, 3.63) is 29.4 Å². The van der Waals surface area contributed by atoms with Crippen molar-refractivity contribution in [2.24, 2.45) is 0 Å². The van der Waals surface area contributed by atoms with Crippen LogP contribution in [0.5, 0.6) is 5.75 Å². The summed E-state index contributed by atoms with van der Waals surface area (Å²) < 4.78 is 7.74. The van der Waals surface area contributed by atoms with Gasteiger partial charge in [0.2, 0.25) is 5.82 Å². The van der Waals surface area contributed by atoms with Gasteiger partial charge in [-0.05, 0) is 6.07 Å². The van der Waals surface area contributed by atoms with E-state index in [1.807, 2.05) is 10.8 Å². The molecule has 0 unspecified atom stereocenters. The number of aromatic amines is 1. The standard InChI is InChI=1S/C15H15ClN6O/c1-8(2)13-19-14(21-20-13)10-7-22-3-4-23-11-6-17-12(16)5-9(11)15(22)18-10/h5-8H,3-4H2,1-2H3,(H,19,20,21). The monoisotopic (exact) mass is 330 g/mol. The second kappa shape index (κ2) is 5.34. The summed E-state index contributed by atoms with van der Waals surface area (Å²) in [5, 5.41) is 7.63. The minimum Gasteiger partial charge on any atom is -0.489 e. The Morgan fingerprint density at radius 3 is 3.00 bits per heavy atom. The van der Waals surface area contributed by atoms with Crippen LogP contribution in [0.4, 0.5) is 0 Å². The molecule has 23 heavy (non-hydrogen) atoms. The van der Waals surface area contributed by atoms with Gasteiger partial charge >= 0.3 is 0 Å². The zero-order chi connectivity index (χ0) is 16.0. The Hall–Kier alpha value is -2.41. The fourth-order valence-electron chi connectivity index (χ4n) is 2.52. The number of pyridine rings is 1. The minimum atomic E-state index is 0.288. The van der Waals surface area contributed by atoms with E-state index >= 15 is 0 Å². The first-order valence-corrected chi connectivity index (χ1v) is 7.78. The van der Waals surface area contributed by atoms with Gasteiger partial charge in [-0.25, -0.2) is 15.0 Å². The summed E-state index contributed by atoms with van der Waals surface area (Å²) in [6.45, 7) is 5.37. The van der Waals surface area contributed by atoms with Crippen molar-refractivity contribution >= 4 is 11.6 Å². The van der Waals surface area contributed by atoms with Gasteiger partial charge in [0, 0.05) is 12.1 Å². The summed E-state index contributed by atoms with van der Waals surface area (Å²) >= 11 is 6.03. The molecular formula is C15H15ClN6O. The molecule has 1 aliphatic rings. The number of hydrogen-bond acceptors (Lipinski definition) is 5. The molecule has 8 heteroatoms. The summed E-state index contributed by atoms with van der Waals surface area (Å²) in [5.41, 5.74) is 1.55. The SMILES string of the molecule is CC(C)c1nc(-c2cn3c(n2)-c2cc(Cl)ncc2OCC3)n[nH]1. The van der Waals surface area contributed by atoms with Crippen LogP contribution < -0.4 is 4.74 Å². The van der Waals surface area contributed by atoms with Gasteiger partial charge in [0.15, 0.2) is 0 Å². The second-order valence-electron chi connectivity index (χ2n) is 5.69. The van der Waals surface area contributed by atoms with Crippen molar-refractivity contribution in [3.8, 4) is 28.7 Å². The number of aromatic nitrogens is 6. The Morgan fingerprint density at radius 1 is 1.35 bits per heavy atom. The molecule has 0 atom stereocenters. The predicted octanol–water partition coefficient (Wildman–Crippen LogP) is 2.90. The third-order valence-electron chi connectivity index (χ3n) is 3.72. The van der Waals surface area contributed by atoms with E-state index in [2.05, 4.69) is 39.0 Å². The Balaban J connectivity index is 1.82. The Labute approximate surface area is 137 Å². The Morgan fingerprint density at radius 2 is 2.22 bits per heavy atom. The van der Waals surface area contributed by atoms with E-state index in [-0.39, 0.29) is 5.92 Å². The molecule has 4 rings (SSSR count). The molecule has 0 aromatic carbocycles. The van der Waals surface area contributed by atoms with E-state index in [1.54, 1.807) is 12.3 Å². The quantitative estimate of drug-likeness (QED) is 0.731. The van der Waals surface area contributed by atoms with Gasteiger partial charge in [0.25, 0.3) is 0 Å². The molecule has 1 aliphatic heterocycles. The van der Waals surface area contributed by atoms with Gasteiger partial charge in [-0.3, -0.25) is 5.10 Å². The first-order chi connectivity index (χ1) is 11.1. The lowest BCUT2D eigenvalue weighted by atomic mass is 10.2. The lowest BCUT2D eigenvalue weighted by Gasteiger charge is -2.05. The number of nitrogens with one attached hydrogen (secondary N) is 1. The van der Waals surface area contributed by atoms with E-state index in [1.165, 1.54) is 0 Å². The number of rotatable bonds is 2. The van der Waals surface area contributed by atoms with Crippen LogP contribution in [0.15, 0.2) is 18.5 Å². The van der Waals surface area contributed by atoms with Crippen molar-refractivity contribution in [2.45, 2.75) is 26.3 Å². The summed E-state index contributed by atoms with van der Waals surface area (Å²) in [6, 6.07) is 1.77. The van der Waals surface area contributed by atoms with Gasteiger partial charge in [-0.2, -0.15) is 5.10 Å². The van der Waals surface area contributed by atoms with Gasteiger partial charge in [0.1, 0.15) is 34.9 Å². The average Bonchev–Trinajstić information content (AvgIpc) is 3.13. The van der Waals surface area contributed by atoms with Crippen LogP contribution in [0.2, 0.25) is 5.15 Å². The third-order valence-corrected chi connectivity index (χ3v) is 3.93. The molecule has 3 aromatic rings. The molecule has 0 radical (unpaired) electrons. The smallest absolute Gasteiger partial charge is 0.201 e. The molecule has 0 amide bonds. The van der Waals surface area contributed by atoms with Gasteiger partial charge < -0.3 is 9.30 Å². The van der Waals surface area contributed by atoms with Gasteiger partial charge in [0.05, 0.1) is 18.3 Å². The molecular weight excluding hydrogens is 316 g/mol. The maximum Gasteiger partial charge on any atom is 0.201 e. The normalized spacial score (nSPS) is 13.4. The van der Waals surface area contributed by atoms with Crippen molar-refractivity contribution in [2.75, 3.05) is 6.61 Å². The van der Waals surface area contributed by atoms with Crippen LogP contribution in [0.25, 0.3) is 22.9 Å². The van der Waals surface area contributed by atoms with Crippen LogP contribution in [-0.4, -0.2) is 36.3 Å². The van der Waals surface area contributed by atoms with Crippen molar-refractivity contribution in [1.82, 2.24) is 29.7 Å². The highest BCUT2D eigenvalue weighted by Gasteiger charge is 2.21. The summed E-state index contributed by atoms with van der Waals surface area (Å²) in [7, 11) is 0. The fraction of sp³-hybridized carbons (Fsp3) is 0.333. The number of hydrogen-bond donors (Lipinski definition) is 1. The van der Waals surface area contributed by atoms with E-state index in [0.717, 1.165) is 22.9 Å². The maximum absolute atomic E-state index is 6.03. The van der Waals surface area contributed by atoms with Crippen LogP contribution in [0, 0.1) is 0 Å². The fourth-order valence-corrected chi connectivity index (χ4v) is 2.68. The maximum atomic E-state index is 6.03. The minimum absolute atomic E-state index is 0.288. The van der Waals surface area contributed by atoms with Crippen LogP contribution in [0.3, 0.4) is 0 Å². The van der Waals surface area contributed by atoms with Crippen molar-refractivity contribution in [1.29, 1.82) is 0 Å². The first kappa shape index (κ1) is 14.2. The Kier molecular flexibility index (Phi) is 3.30. The highest BCUT2D eigenvalue weighted by atomic mass is 35.5. The van der Waals surface area contributed by atoms with Crippen molar-refractivity contribution < 1.29 is 4.74 Å². The molecule has 0 spiro atoms. The number of fused-ring (bicyclic) bond motifs is 3. The Bertz CT molecular complexity index is 869. The zero-order valence-corrected chi connectivity index (χ0v) is 13.5. The van der Waals surface area contributed by atoms with E-state index in [0.29, 0.717) is 29.9 Å². The van der Waals surface area contributed by atoms with E-state index in [4.69, 9.17) is 16.3 Å². The molecule has 118 valence electrons. The van der Waals surface area contributed by atoms with E-state index in [9.17, 15) is 0 Å². The molecule has 3 aromatic heterocycles. The van der Waals surface area contributed by atoms with Crippen LogP contribution >= 0.6 is 11.6 Å². The first-order valence-electron chi connectivity index (χ1n) is 7.40. The molecule has 0 fully saturated rings. The van der Waals surface area contributed by atoms with E-state index < -0.39 is 0 Å². The topological polar surface area (TPSA) is 81.5 Å². The molecule has 0 saturated carbocycles. The zero-order valence-electron chi connectivity index (χ0n) is 12.7. The third kappa shape index (κ3) is 2.46. The van der Waals surface area contributed by atoms with Gasteiger partial charge in [-0.15, -0.1) is 0 Å². The highest BCUT2D eigenvalue weighted by Crippen LogP contribution is 2.34. The van der Waals surface area contributed by atoms with Crippen LogP contribution in [-0.2, 0) is 6.54 Å². The molecule has 4 heterocycles. The molecule has 7 nitrogen and oxygen atoms in total. The lowest BCUT2D eigenvalue weighted by Crippen LogP contribution is -2.04. The number of ether oxygens (including phenoxy) is 1. The highest BCUT2D eigenvalue weighted by molar-refractivity contribution is 6.29.